The Kier molecular flexibility index (Phi) is 4.03. The van der Waals surface area contributed by atoms with Crippen LogP contribution in [0.25, 0.3) is 10.6 Å². The summed E-state index contributed by atoms with van der Waals surface area (Å²) in [5.74, 6) is 0.0130. The van der Waals surface area contributed by atoms with E-state index in [4.69, 9.17) is 5.73 Å². The Bertz CT molecular complexity index is 652. The van der Waals surface area contributed by atoms with Crippen LogP contribution < -0.4 is 5.73 Å². The summed E-state index contributed by atoms with van der Waals surface area (Å²) in [5.41, 5.74) is 8.55. The molecule has 0 spiro atoms. The number of amides is 1. The van der Waals surface area contributed by atoms with Gasteiger partial charge in [-0.2, -0.15) is 0 Å². The van der Waals surface area contributed by atoms with Gasteiger partial charge in [0, 0.05) is 30.1 Å². The number of thiazole rings is 1. The second-order valence-electron chi connectivity index (χ2n) is 5.38. The molecule has 1 aliphatic rings. The number of hydrogen-bond donors (Lipinski definition) is 1. The zero-order chi connectivity index (χ0) is 14.8. The van der Waals surface area contributed by atoms with E-state index in [-0.39, 0.29) is 11.9 Å². The summed E-state index contributed by atoms with van der Waals surface area (Å²) in [6.45, 7) is 3.38. The fraction of sp³-hybridized carbons (Fsp3) is 0.375. The molecule has 1 saturated heterocycles. The van der Waals surface area contributed by atoms with Crippen molar-refractivity contribution in [2.75, 3.05) is 13.1 Å². The van der Waals surface area contributed by atoms with E-state index >= 15 is 0 Å². The third-order valence-corrected chi connectivity index (χ3v) is 4.88. The molecule has 0 saturated carbocycles. The second kappa shape index (κ2) is 5.95. The first-order valence-corrected chi connectivity index (χ1v) is 8.11. The van der Waals surface area contributed by atoms with E-state index in [1.807, 2.05) is 28.5 Å². The van der Waals surface area contributed by atoms with Crippen molar-refractivity contribution in [1.82, 2.24) is 9.88 Å². The third kappa shape index (κ3) is 2.71. The maximum absolute atomic E-state index is 12.6. The Morgan fingerprint density at radius 2 is 2.29 bits per heavy atom. The normalized spacial score (nSPS) is 18.2. The van der Waals surface area contributed by atoms with Crippen LogP contribution in [0.4, 0.5) is 0 Å². The quantitative estimate of drug-likeness (QED) is 0.948. The minimum Gasteiger partial charge on any atom is -0.333 e. The van der Waals surface area contributed by atoms with E-state index in [1.165, 1.54) is 16.9 Å². The van der Waals surface area contributed by atoms with Crippen LogP contribution in [-0.2, 0) is 0 Å². The number of likely N-dealkylation sites (tertiary alicyclic amines) is 1. The van der Waals surface area contributed by atoms with Crippen molar-refractivity contribution < 1.29 is 4.79 Å². The van der Waals surface area contributed by atoms with Crippen LogP contribution in [0.5, 0.6) is 0 Å². The summed E-state index contributed by atoms with van der Waals surface area (Å²) >= 11 is 1.52. The van der Waals surface area contributed by atoms with Crippen LogP contribution in [0.3, 0.4) is 0 Å². The van der Waals surface area contributed by atoms with Gasteiger partial charge in [0.1, 0.15) is 10.7 Å². The molecule has 1 amide bonds. The van der Waals surface area contributed by atoms with Crippen LogP contribution in [-0.4, -0.2) is 34.9 Å². The van der Waals surface area contributed by atoms with Crippen molar-refractivity contribution in [3.05, 3.63) is 40.9 Å². The molecule has 0 bridgehead atoms. The molecule has 0 aliphatic carbocycles. The number of rotatable bonds is 3. The van der Waals surface area contributed by atoms with Gasteiger partial charge < -0.3 is 10.6 Å². The molecule has 21 heavy (non-hydrogen) atoms. The van der Waals surface area contributed by atoms with E-state index in [1.54, 1.807) is 0 Å². The molecule has 1 aromatic heterocycles. The van der Waals surface area contributed by atoms with Crippen molar-refractivity contribution in [3.63, 3.8) is 0 Å². The number of nitrogens with zero attached hydrogens (tertiary/aromatic N) is 2. The molecule has 2 N–H and O–H groups in total. The molecular formula is C16H19N3OS. The number of aryl methyl sites for hydroxylation is 1. The lowest BCUT2D eigenvalue weighted by Crippen LogP contribution is -2.40. The van der Waals surface area contributed by atoms with Crippen molar-refractivity contribution >= 4 is 17.2 Å². The predicted octanol–water partition coefficient (Wildman–Crippen LogP) is 2.68. The van der Waals surface area contributed by atoms with Gasteiger partial charge in [0.15, 0.2) is 0 Å². The number of carbonyl (C=O) groups is 1. The predicted molar refractivity (Wildman–Crippen MR) is 85.4 cm³/mol. The van der Waals surface area contributed by atoms with Crippen molar-refractivity contribution in [2.45, 2.75) is 25.8 Å². The van der Waals surface area contributed by atoms with Crippen LogP contribution in [0.2, 0.25) is 0 Å². The van der Waals surface area contributed by atoms with E-state index in [0.717, 1.165) is 30.0 Å². The van der Waals surface area contributed by atoms with Gasteiger partial charge in [0.05, 0.1) is 0 Å². The molecule has 1 fully saturated rings. The molecule has 2 aromatic rings. The number of aromatic nitrogens is 1. The maximum atomic E-state index is 12.6. The van der Waals surface area contributed by atoms with Crippen LogP contribution in [0.15, 0.2) is 29.6 Å². The SMILES string of the molecule is Cc1ccccc1-c1nc(C(=O)N2CCCC2CN)cs1. The molecule has 3 rings (SSSR count). The minimum atomic E-state index is 0.0130. The van der Waals surface area contributed by atoms with Crippen molar-refractivity contribution in [3.8, 4) is 10.6 Å². The average molecular weight is 301 g/mol. The topological polar surface area (TPSA) is 59.2 Å². The summed E-state index contributed by atoms with van der Waals surface area (Å²) in [6.07, 6.45) is 2.03. The summed E-state index contributed by atoms with van der Waals surface area (Å²) in [5, 5.41) is 2.76. The first-order valence-electron chi connectivity index (χ1n) is 7.23. The Balaban J connectivity index is 1.85. The average Bonchev–Trinajstić information content (AvgIpc) is 3.16. The molecule has 1 aliphatic heterocycles. The van der Waals surface area contributed by atoms with Gasteiger partial charge in [0.2, 0.25) is 0 Å². The summed E-state index contributed by atoms with van der Waals surface area (Å²) in [6, 6.07) is 8.27. The Morgan fingerprint density at radius 3 is 3.05 bits per heavy atom. The van der Waals surface area contributed by atoms with Crippen molar-refractivity contribution in [1.29, 1.82) is 0 Å². The molecule has 2 heterocycles. The van der Waals surface area contributed by atoms with Crippen LogP contribution in [0, 0.1) is 6.92 Å². The molecule has 0 radical (unpaired) electrons. The Hall–Kier alpha value is -1.72. The minimum absolute atomic E-state index is 0.0130. The number of benzene rings is 1. The first-order chi connectivity index (χ1) is 10.2. The van der Waals surface area contributed by atoms with Crippen LogP contribution in [0.1, 0.15) is 28.9 Å². The number of nitrogens with two attached hydrogens (primary N) is 1. The molecule has 1 atom stereocenters. The Labute approximate surface area is 128 Å². The number of carbonyl (C=O) groups excluding carboxylic acids is 1. The lowest BCUT2D eigenvalue weighted by atomic mass is 10.1. The molecule has 1 aromatic carbocycles. The van der Waals surface area contributed by atoms with Crippen molar-refractivity contribution in [2.24, 2.45) is 5.73 Å². The van der Waals surface area contributed by atoms with Gasteiger partial charge in [-0.3, -0.25) is 4.79 Å². The first kappa shape index (κ1) is 14.2. The zero-order valence-corrected chi connectivity index (χ0v) is 12.9. The fourth-order valence-corrected chi connectivity index (χ4v) is 3.69. The fourth-order valence-electron chi connectivity index (χ4n) is 2.80. The highest BCUT2D eigenvalue weighted by molar-refractivity contribution is 7.13. The molecule has 4 nitrogen and oxygen atoms in total. The lowest BCUT2D eigenvalue weighted by molar-refractivity contribution is 0.0736. The standard InChI is InChI=1S/C16H19N3OS/c1-11-5-2-3-7-13(11)15-18-14(10-21-15)16(20)19-8-4-6-12(19)9-17/h2-3,5,7,10,12H,4,6,8-9,17H2,1H3. The molecule has 1 unspecified atom stereocenters. The Morgan fingerprint density at radius 1 is 1.48 bits per heavy atom. The third-order valence-electron chi connectivity index (χ3n) is 4.01. The van der Waals surface area contributed by atoms with E-state index in [0.29, 0.717) is 12.2 Å². The van der Waals surface area contributed by atoms with Gasteiger partial charge in [-0.25, -0.2) is 4.98 Å². The molecule has 5 heteroatoms. The zero-order valence-electron chi connectivity index (χ0n) is 12.1. The summed E-state index contributed by atoms with van der Waals surface area (Å²) < 4.78 is 0. The van der Waals surface area contributed by atoms with E-state index in [9.17, 15) is 4.79 Å². The van der Waals surface area contributed by atoms with Gasteiger partial charge in [-0.1, -0.05) is 24.3 Å². The highest BCUT2D eigenvalue weighted by Crippen LogP contribution is 2.28. The van der Waals surface area contributed by atoms with E-state index < -0.39 is 0 Å². The maximum Gasteiger partial charge on any atom is 0.273 e. The van der Waals surface area contributed by atoms with Crippen LogP contribution >= 0.6 is 11.3 Å². The summed E-state index contributed by atoms with van der Waals surface area (Å²) in [4.78, 5) is 19.0. The second-order valence-corrected chi connectivity index (χ2v) is 6.24. The lowest BCUT2D eigenvalue weighted by Gasteiger charge is -2.22. The smallest absolute Gasteiger partial charge is 0.273 e. The summed E-state index contributed by atoms with van der Waals surface area (Å²) in [7, 11) is 0. The van der Waals surface area contributed by atoms with Gasteiger partial charge in [0.25, 0.3) is 5.91 Å². The van der Waals surface area contributed by atoms with Gasteiger partial charge in [-0.05, 0) is 25.3 Å². The van der Waals surface area contributed by atoms with Gasteiger partial charge >= 0.3 is 0 Å². The molecular weight excluding hydrogens is 282 g/mol. The van der Waals surface area contributed by atoms with E-state index in [2.05, 4.69) is 18.0 Å². The molecule has 110 valence electrons. The largest absolute Gasteiger partial charge is 0.333 e. The monoisotopic (exact) mass is 301 g/mol. The highest BCUT2D eigenvalue weighted by Gasteiger charge is 2.29. The highest BCUT2D eigenvalue weighted by atomic mass is 32.1. The van der Waals surface area contributed by atoms with Gasteiger partial charge in [-0.15, -0.1) is 11.3 Å². The number of hydrogen-bond acceptors (Lipinski definition) is 4.